The minimum atomic E-state index is 0.00872. The van der Waals surface area contributed by atoms with Gasteiger partial charge in [0, 0.05) is 19.6 Å². The Morgan fingerprint density at radius 3 is 2.19 bits per heavy atom. The number of ether oxygens (including phenoxy) is 3. The zero-order valence-corrected chi connectivity index (χ0v) is 12.8. The van der Waals surface area contributed by atoms with Gasteiger partial charge in [-0.25, -0.2) is 0 Å². The number of hydrogen-bond donors (Lipinski definition) is 3. The molecule has 0 aromatic carbocycles. The van der Waals surface area contributed by atoms with E-state index in [0.29, 0.717) is 46.0 Å². The highest BCUT2D eigenvalue weighted by Crippen LogP contribution is 1.97. The molecule has 0 bridgehead atoms. The minimum absolute atomic E-state index is 0.00872. The van der Waals surface area contributed by atoms with E-state index >= 15 is 0 Å². The van der Waals surface area contributed by atoms with Gasteiger partial charge in [-0.05, 0) is 12.8 Å². The van der Waals surface area contributed by atoms with Gasteiger partial charge in [0.2, 0.25) is 5.91 Å². The standard InChI is InChI=1S/C14H30N2O5/c15-13-21-12-11-20-10-9-19-8-5-14(18)16-6-3-1-2-4-7-17/h17H,1-13,15H2,(H,16,18). The Morgan fingerprint density at radius 2 is 1.52 bits per heavy atom. The van der Waals surface area contributed by atoms with Gasteiger partial charge in [0.05, 0.1) is 39.8 Å². The van der Waals surface area contributed by atoms with E-state index in [2.05, 4.69) is 5.32 Å². The van der Waals surface area contributed by atoms with Gasteiger partial charge < -0.3 is 30.4 Å². The van der Waals surface area contributed by atoms with Gasteiger partial charge in [0.15, 0.2) is 0 Å². The SMILES string of the molecule is NCOCCOCCOCCC(=O)NCCCCCCO. The van der Waals surface area contributed by atoms with Gasteiger partial charge in [-0.15, -0.1) is 0 Å². The van der Waals surface area contributed by atoms with Crippen molar-refractivity contribution >= 4 is 5.91 Å². The molecule has 7 nitrogen and oxygen atoms in total. The van der Waals surface area contributed by atoms with Crippen molar-refractivity contribution in [2.45, 2.75) is 32.1 Å². The average Bonchev–Trinajstić information content (AvgIpc) is 2.49. The summed E-state index contributed by atoms with van der Waals surface area (Å²) in [6, 6.07) is 0. The molecule has 0 aliphatic carbocycles. The fourth-order valence-electron chi connectivity index (χ4n) is 1.59. The normalized spacial score (nSPS) is 10.8. The molecule has 0 aromatic heterocycles. The fourth-order valence-corrected chi connectivity index (χ4v) is 1.59. The summed E-state index contributed by atoms with van der Waals surface area (Å²) < 4.78 is 15.4. The zero-order chi connectivity index (χ0) is 15.6. The molecule has 0 atom stereocenters. The molecule has 0 aromatic rings. The number of rotatable bonds is 16. The Morgan fingerprint density at radius 1 is 0.905 bits per heavy atom. The monoisotopic (exact) mass is 306 g/mol. The van der Waals surface area contributed by atoms with Crippen molar-refractivity contribution in [2.24, 2.45) is 5.73 Å². The summed E-state index contributed by atoms with van der Waals surface area (Å²) in [5, 5.41) is 11.5. The number of nitrogens with one attached hydrogen (secondary N) is 1. The lowest BCUT2D eigenvalue weighted by Crippen LogP contribution is -2.25. The van der Waals surface area contributed by atoms with Crippen LogP contribution in [-0.2, 0) is 19.0 Å². The maximum Gasteiger partial charge on any atom is 0.222 e. The van der Waals surface area contributed by atoms with E-state index in [9.17, 15) is 4.79 Å². The molecule has 0 aliphatic rings. The van der Waals surface area contributed by atoms with Gasteiger partial charge in [-0.3, -0.25) is 4.79 Å². The summed E-state index contributed by atoms with van der Waals surface area (Å²) in [6.45, 7) is 3.48. The van der Waals surface area contributed by atoms with Crippen LogP contribution in [0, 0.1) is 0 Å². The highest BCUT2D eigenvalue weighted by atomic mass is 16.5. The number of carbonyl (C=O) groups is 1. The third-order valence-electron chi connectivity index (χ3n) is 2.74. The molecular formula is C14H30N2O5. The summed E-state index contributed by atoms with van der Waals surface area (Å²) in [4.78, 5) is 11.4. The molecule has 0 spiro atoms. The van der Waals surface area contributed by atoms with Crippen LogP contribution < -0.4 is 11.1 Å². The lowest BCUT2D eigenvalue weighted by atomic mass is 10.2. The Balaban J connectivity index is 3.12. The van der Waals surface area contributed by atoms with Crippen molar-refractivity contribution in [1.29, 1.82) is 0 Å². The van der Waals surface area contributed by atoms with Crippen molar-refractivity contribution < 1.29 is 24.1 Å². The molecule has 0 saturated heterocycles. The summed E-state index contributed by atoms with van der Waals surface area (Å²) in [6.07, 6.45) is 4.19. The van der Waals surface area contributed by atoms with Gasteiger partial charge in [0.25, 0.3) is 0 Å². The minimum Gasteiger partial charge on any atom is -0.396 e. The van der Waals surface area contributed by atoms with Crippen molar-refractivity contribution in [3.63, 3.8) is 0 Å². The summed E-state index contributed by atoms with van der Waals surface area (Å²) in [5.74, 6) is 0.00872. The number of hydrogen-bond acceptors (Lipinski definition) is 6. The van der Waals surface area contributed by atoms with Crippen LogP contribution in [0.1, 0.15) is 32.1 Å². The third kappa shape index (κ3) is 17.2. The predicted molar refractivity (Wildman–Crippen MR) is 79.8 cm³/mol. The summed E-state index contributed by atoms with van der Waals surface area (Å²) in [7, 11) is 0. The maximum atomic E-state index is 11.4. The summed E-state index contributed by atoms with van der Waals surface area (Å²) in [5.41, 5.74) is 5.15. The van der Waals surface area contributed by atoms with Crippen LogP contribution >= 0.6 is 0 Å². The quantitative estimate of drug-likeness (QED) is 0.274. The molecule has 0 fully saturated rings. The lowest BCUT2D eigenvalue weighted by Gasteiger charge is -2.07. The molecule has 1 amide bonds. The molecule has 126 valence electrons. The van der Waals surface area contributed by atoms with Crippen LogP contribution in [-0.4, -0.2) is 63.9 Å². The predicted octanol–water partition coefficient (Wildman–Crippen LogP) is 0.0114. The third-order valence-corrected chi connectivity index (χ3v) is 2.74. The number of aliphatic hydroxyl groups is 1. The van der Waals surface area contributed by atoms with E-state index < -0.39 is 0 Å². The second-order valence-corrected chi connectivity index (χ2v) is 4.54. The van der Waals surface area contributed by atoms with Gasteiger partial charge in [-0.1, -0.05) is 12.8 Å². The second kappa shape index (κ2) is 17.3. The Bertz CT molecular complexity index is 229. The molecule has 0 radical (unpaired) electrons. The molecule has 21 heavy (non-hydrogen) atoms. The molecule has 0 saturated carbocycles. The van der Waals surface area contributed by atoms with E-state index in [0.717, 1.165) is 25.7 Å². The number of amides is 1. The Kier molecular flexibility index (Phi) is 16.7. The zero-order valence-electron chi connectivity index (χ0n) is 12.8. The first-order valence-corrected chi connectivity index (χ1v) is 7.62. The number of nitrogens with two attached hydrogens (primary N) is 1. The smallest absolute Gasteiger partial charge is 0.222 e. The highest BCUT2D eigenvalue weighted by molar-refractivity contribution is 5.75. The van der Waals surface area contributed by atoms with Crippen LogP contribution in [0.3, 0.4) is 0 Å². The molecule has 4 N–H and O–H groups in total. The van der Waals surface area contributed by atoms with Crippen molar-refractivity contribution in [3.05, 3.63) is 0 Å². The van der Waals surface area contributed by atoms with E-state index in [-0.39, 0.29) is 19.2 Å². The van der Waals surface area contributed by atoms with E-state index in [1.165, 1.54) is 0 Å². The van der Waals surface area contributed by atoms with Crippen LogP contribution in [0.15, 0.2) is 0 Å². The Hall–Kier alpha value is -0.730. The average molecular weight is 306 g/mol. The molecule has 0 aliphatic heterocycles. The molecule has 0 rings (SSSR count). The van der Waals surface area contributed by atoms with E-state index in [1.54, 1.807) is 0 Å². The largest absolute Gasteiger partial charge is 0.396 e. The fraction of sp³-hybridized carbons (Fsp3) is 0.929. The first kappa shape index (κ1) is 20.3. The van der Waals surface area contributed by atoms with Gasteiger partial charge in [-0.2, -0.15) is 0 Å². The first-order valence-electron chi connectivity index (χ1n) is 7.62. The first-order chi connectivity index (χ1) is 10.3. The number of carbonyl (C=O) groups excluding carboxylic acids is 1. The van der Waals surface area contributed by atoms with E-state index in [1.807, 2.05) is 0 Å². The van der Waals surface area contributed by atoms with Crippen LogP contribution in [0.25, 0.3) is 0 Å². The number of aliphatic hydroxyl groups excluding tert-OH is 1. The van der Waals surface area contributed by atoms with E-state index in [4.69, 9.17) is 25.1 Å². The second-order valence-electron chi connectivity index (χ2n) is 4.54. The van der Waals surface area contributed by atoms with Crippen LogP contribution in [0.4, 0.5) is 0 Å². The molecule has 0 heterocycles. The number of unbranched alkanes of at least 4 members (excludes halogenated alkanes) is 3. The summed E-state index contributed by atoms with van der Waals surface area (Å²) >= 11 is 0. The van der Waals surface area contributed by atoms with Crippen molar-refractivity contribution in [2.75, 3.05) is 52.9 Å². The van der Waals surface area contributed by atoms with Crippen LogP contribution in [0.5, 0.6) is 0 Å². The topological polar surface area (TPSA) is 103 Å². The lowest BCUT2D eigenvalue weighted by molar-refractivity contribution is -0.122. The van der Waals surface area contributed by atoms with Crippen molar-refractivity contribution in [1.82, 2.24) is 5.32 Å². The molecular weight excluding hydrogens is 276 g/mol. The molecule has 7 heteroatoms. The van der Waals surface area contributed by atoms with Crippen LogP contribution in [0.2, 0.25) is 0 Å². The van der Waals surface area contributed by atoms with Crippen molar-refractivity contribution in [3.8, 4) is 0 Å². The van der Waals surface area contributed by atoms with Gasteiger partial charge >= 0.3 is 0 Å². The Labute approximate surface area is 127 Å². The van der Waals surface area contributed by atoms with Gasteiger partial charge in [0.1, 0.15) is 0 Å². The highest BCUT2D eigenvalue weighted by Gasteiger charge is 2.00. The molecule has 0 unspecified atom stereocenters. The maximum absolute atomic E-state index is 11.4.